The third-order valence-electron chi connectivity index (χ3n) is 4.38. The zero-order chi connectivity index (χ0) is 17.2. The molecule has 0 spiro atoms. The van der Waals surface area contributed by atoms with E-state index >= 15 is 0 Å². The summed E-state index contributed by atoms with van der Waals surface area (Å²) in [5.74, 6) is -0.398. The summed E-state index contributed by atoms with van der Waals surface area (Å²) in [4.78, 5) is 2.37. The van der Waals surface area contributed by atoms with Crippen LogP contribution < -0.4 is 9.62 Å². The molecule has 1 heterocycles. The standard InChI is InChI=1S/C18H21FN2O2S/c1-14-13-17(7-8-18(14)19)24(22,23)20-15-9-11-21(12-10-15)16-5-3-2-4-6-16/h2-8,13,15,20H,9-12H2,1H3. The average Bonchev–Trinajstić information content (AvgIpc) is 2.58. The minimum atomic E-state index is -3.62. The second-order valence-electron chi connectivity index (χ2n) is 6.13. The van der Waals surface area contributed by atoms with Gasteiger partial charge in [-0.2, -0.15) is 0 Å². The molecule has 2 aromatic rings. The number of sulfonamides is 1. The Balaban J connectivity index is 1.64. The summed E-state index contributed by atoms with van der Waals surface area (Å²) >= 11 is 0. The van der Waals surface area contributed by atoms with Crippen molar-refractivity contribution in [2.75, 3.05) is 18.0 Å². The van der Waals surface area contributed by atoms with Crippen molar-refractivity contribution in [3.63, 3.8) is 0 Å². The SMILES string of the molecule is Cc1cc(S(=O)(=O)NC2CCN(c3ccccc3)CC2)ccc1F. The Morgan fingerprint density at radius 2 is 1.75 bits per heavy atom. The quantitative estimate of drug-likeness (QED) is 0.924. The Labute approximate surface area is 142 Å². The number of nitrogens with one attached hydrogen (secondary N) is 1. The average molecular weight is 348 g/mol. The van der Waals surface area contributed by atoms with Gasteiger partial charge in [-0.15, -0.1) is 0 Å². The van der Waals surface area contributed by atoms with Gasteiger partial charge in [-0.05, 0) is 55.7 Å². The van der Waals surface area contributed by atoms with Crippen LogP contribution in [0.1, 0.15) is 18.4 Å². The van der Waals surface area contributed by atoms with Crippen molar-refractivity contribution in [1.29, 1.82) is 0 Å². The lowest BCUT2D eigenvalue weighted by atomic mass is 10.1. The Hall–Kier alpha value is -1.92. The Bertz CT molecular complexity index is 801. The fourth-order valence-corrected chi connectivity index (χ4v) is 4.36. The first-order valence-electron chi connectivity index (χ1n) is 8.04. The lowest BCUT2D eigenvalue weighted by Crippen LogP contribution is -2.44. The van der Waals surface area contributed by atoms with Crippen molar-refractivity contribution >= 4 is 15.7 Å². The number of nitrogens with zero attached hydrogens (tertiary/aromatic N) is 1. The van der Waals surface area contributed by atoms with E-state index in [1.807, 2.05) is 18.2 Å². The second kappa shape index (κ2) is 6.91. The number of rotatable bonds is 4. The highest BCUT2D eigenvalue weighted by Crippen LogP contribution is 2.21. The molecule has 0 atom stereocenters. The highest BCUT2D eigenvalue weighted by molar-refractivity contribution is 7.89. The van der Waals surface area contributed by atoms with Crippen LogP contribution in [0, 0.1) is 12.7 Å². The van der Waals surface area contributed by atoms with Gasteiger partial charge in [0.25, 0.3) is 0 Å². The first kappa shape index (κ1) is 16.9. The molecule has 0 saturated carbocycles. The number of aryl methyl sites for hydroxylation is 1. The molecule has 128 valence electrons. The highest BCUT2D eigenvalue weighted by Gasteiger charge is 2.25. The number of para-hydroxylation sites is 1. The monoisotopic (exact) mass is 348 g/mol. The molecule has 0 aliphatic carbocycles. The first-order chi connectivity index (χ1) is 11.5. The molecule has 1 aliphatic heterocycles. The van der Waals surface area contributed by atoms with Gasteiger partial charge < -0.3 is 4.90 Å². The van der Waals surface area contributed by atoms with E-state index < -0.39 is 15.8 Å². The van der Waals surface area contributed by atoms with E-state index in [2.05, 4.69) is 21.8 Å². The van der Waals surface area contributed by atoms with Crippen LogP contribution in [-0.2, 0) is 10.0 Å². The van der Waals surface area contributed by atoms with Crippen molar-refractivity contribution in [2.45, 2.75) is 30.7 Å². The van der Waals surface area contributed by atoms with Crippen LogP contribution in [-0.4, -0.2) is 27.5 Å². The van der Waals surface area contributed by atoms with Gasteiger partial charge in [0, 0.05) is 24.8 Å². The largest absolute Gasteiger partial charge is 0.371 e. The summed E-state index contributed by atoms with van der Waals surface area (Å²) < 4.78 is 41.0. The molecule has 24 heavy (non-hydrogen) atoms. The third-order valence-corrected chi connectivity index (χ3v) is 5.90. The second-order valence-corrected chi connectivity index (χ2v) is 7.84. The number of benzene rings is 2. The van der Waals surface area contributed by atoms with Gasteiger partial charge in [0.1, 0.15) is 5.82 Å². The van der Waals surface area contributed by atoms with E-state index in [0.29, 0.717) is 5.56 Å². The molecular weight excluding hydrogens is 327 g/mol. The zero-order valence-electron chi connectivity index (χ0n) is 13.6. The van der Waals surface area contributed by atoms with E-state index in [1.165, 1.54) is 18.2 Å². The van der Waals surface area contributed by atoms with Crippen molar-refractivity contribution in [3.05, 3.63) is 59.9 Å². The van der Waals surface area contributed by atoms with E-state index in [-0.39, 0.29) is 10.9 Å². The Morgan fingerprint density at radius 3 is 2.38 bits per heavy atom. The predicted octanol–water partition coefficient (Wildman–Crippen LogP) is 3.08. The van der Waals surface area contributed by atoms with E-state index in [1.54, 1.807) is 6.92 Å². The van der Waals surface area contributed by atoms with Crippen LogP contribution in [0.15, 0.2) is 53.4 Å². The summed E-state index contributed by atoms with van der Waals surface area (Å²) in [5, 5.41) is 0. The van der Waals surface area contributed by atoms with Gasteiger partial charge in [0.05, 0.1) is 4.90 Å². The van der Waals surface area contributed by atoms with Gasteiger partial charge in [-0.3, -0.25) is 0 Å². The van der Waals surface area contributed by atoms with Gasteiger partial charge >= 0.3 is 0 Å². The van der Waals surface area contributed by atoms with Crippen molar-refractivity contribution in [2.24, 2.45) is 0 Å². The highest BCUT2D eigenvalue weighted by atomic mass is 32.2. The van der Waals surface area contributed by atoms with Crippen molar-refractivity contribution in [1.82, 2.24) is 4.72 Å². The number of hydrogen-bond donors (Lipinski definition) is 1. The van der Waals surface area contributed by atoms with Crippen LogP contribution >= 0.6 is 0 Å². The molecule has 2 aromatic carbocycles. The van der Waals surface area contributed by atoms with Gasteiger partial charge in [0.2, 0.25) is 10.0 Å². The molecule has 1 aliphatic rings. The van der Waals surface area contributed by atoms with Crippen molar-refractivity contribution in [3.8, 4) is 0 Å². The van der Waals surface area contributed by atoms with Crippen molar-refractivity contribution < 1.29 is 12.8 Å². The maximum absolute atomic E-state index is 13.3. The van der Waals surface area contributed by atoms with E-state index in [4.69, 9.17) is 0 Å². The number of piperidine rings is 1. The lowest BCUT2D eigenvalue weighted by molar-refractivity contribution is 0.460. The number of halogens is 1. The fourth-order valence-electron chi connectivity index (χ4n) is 2.97. The lowest BCUT2D eigenvalue weighted by Gasteiger charge is -2.33. The smallest absolute Gasteiger partial charge is 0.240 e. The van der Waals surface area contributed by atoms with Gasteiger partial charge in [-0.1, -0.05) is 18.2 Å². The van der Waals surface area contributed by atoms with Gasteiger partial charge in [0.15, 0.2) is 0 Å². The summed E-state index contributed by atoms with van der Waals surface area (Å²) in [6.07, 6.45) is 1.49. The third kappa shape index (κ3) is 3.76. The minimum absolute atomic E-state index is 0.0969. The molecule has 0 aromatic heterocycles. The molecule has 0 amide bonds. The number of anilines is 1. The molecule has 0 unspecified atom stereocenters. The summed E-state index contributed by atoms with van der Waals surface area (Å²) in [6, 6.07) is 13.9. The minimum Gasteiger partial charge on any atom is -0.371 e. The first-order valence-corrected chi connectivity index (χ1v) is 9.52. The molecule has 0 radical (unpaired) electrons. The Morgan fingerprint density at radius 1 is 1.08 bits per heavy atom. The summed E-state index contributed by atoms with van der Waals surface area (Å²) in [5.41, 5.74) is 1.49. The summed E-state index contributed by atoms with van der Waals surface area (Å²) in [7, 11) is -3.62. The maximum atomic E-state index is 13.3. The number of hydrogen-bond acceptors (Lipinski definition) is 3. The fraction of sp³-hybridized carbons (Fsp3) is 0.333. The molecule has 4 nitrogen and oxygen atoms in total. The normalized spacial score (nSPS) is 16.3. The van der Waals surface area contributed by atoms with Crippen LogP contribution in [0.4, 0.5) is 10.1 Å². The molecular formula is C18H21FN2O2S. The zero-order valence-corrected chi connectivity index (χ0v) is 14.4. The van der Waals surface area contributed by atoms with Crippen LogP contribution in [0.3, 0.4) is 0 Å². The molecule has 1 N–H and O–H groups in total. The van der Waals surface area contributed by atoms with Gasteiger partial charge in [-0.25, -0.2) is 17.5 Å². The Kier molecular flexibility index (Phi) is 4.87. The maximum Gasteiger partial charge on any atom is 0.240 e. The topological polar surface area (TPSA) is 49.4 Å². The molecule has 1 saturated heterocycles. The molecule has 0 bridgehead atoms. The van der Waals surface area contributed by atoms with E-state index in [0.717, 1.165) is 31.6 Å². The van der Waals surface area contributed by atoms with Crippen LogP contribution in [0.25, 0.3) is 0 Å². The molecule has 3 rings (SSSR count). The van der Waals surface area contributed by atoms with Crippen LogP contribution in [0.5, 0.6) is 0 Å². The molecule has 1 fully saturated rings. The summed E-state index contributed by atoms with van der Waals surface area (Å²) in [6.45, 7) is 3.17. The van der Waals surface area contributed by atoms with E-state index in [9.17, 15) is 12.8 Å². The van der Waals surface area contributed by atoms with Crippen LogP contribution in [0.2, 0.25) is 0 Å². The molecule has 6 heteroatoms. The predicted molar refractivity (Wildman–Crippen MR) is 93.1 cm³/mol.